The lowest BCUT2D eigenvalue weighted by atomic mass is 9.99. The van der Waals surface area contributed by atoms with Crippen LogP contribution < -0.4 is 5.32 Å². The van der Waals surface area contributed by atoms with Gasteiger partial charge in [-0.2, -0.15) is 0 Å². The van der Waals surface area contributed by atoms with Crippen LogP contribution >= 0.6 is 0 Å². The van der Waals surface area contributed by atoms with Crippen LogP contribution in [0.4, 0.5) is 0 Å². The number of rotatable bonds is 57. The zero-order valence-electron chi connectivity index (χ0n) is 51.2. The van der Waals surface area contributed by atoms with E-state index < -0.39 is 67.4 Å². The summed E-state index contributed by atoms with van der Waals surface area (Å²) < 4.78 is 17.6. The average molecular weight is 1120 g/mol. The third-order valence-electron chi connectivity index (χ3n) is 15.7. The summed E-state index contributed by atoms with van der Waals surface area (Å²) in [5.41, 5.74) is 0. The Balaban J connectivity index is 2.52. The van der Waals surface area contributed by atoms with Crippen molar-refractivity contribution >= 4 is 11.9 Å². The summed E-state index contributed by atoms with van der Waals surface area (Å²) in [5, 5.41) is 56.9. The van der Waals surface area contributed by atoms with Crippen LogP contribution in [-0.2, 0) is 23.8 Å². The van der Waals surface area contributed by atoms with Crippen molar-refractivity contribution in [3.05, 3.63) is 48.6 Å². The summed E-state index contributed by atoms with van der Waals surface area (Å²) in [6.45, 7) is 5.74. The van der Waals surface area contributed by atoms with Gasteiger partial charge in [-0.05, 0) is 77.0 Å². The predicted octanol–water partition coefficient (Wildman–Crippen LogP) is 16.4. The Labute approximate surface area is 485 Å². The van der Waals surface area contributed by atoms with Gasteiger partial charge in [-0.25, -0.2) is 0 Å². The number of hydrogen-bond acceptors (Lipinski definition) is 10. The van der Waals surface area contributed by atoms with Crippen LogP contribution in [0.15, 0.2) is 48.6 Å². The summed E-state index contributed by atoms with van der Waals surface area (Å²) in [5.74, 6) is -1.20. The normalized spacial score (nSPS) is 19.1. The largest absolute Gasteiger partial charge is 0.454 e. The highest BCUT2D eigenvalue weighted by atomic mass is 16.7. The first-order valence-electron chi connectivity index (χ1n) is 33.4. The molecule has 1 aliphatic rings. The minimum absolute atomic E-state index is 0.125. The zero-order chi connectivity index (χ0) is 57.5. The highest BCUT2D eigenvalue weighted by Crippen LogP contribution is 2.26. The first kappa shape index (κ1) is 74.6. The van der Waals surface area contributed by atoms with Crippen molar-refractivity contribution in [1.82, 2.24) is 5.32 Å². The van der Waals surface area contributed by atoms with Gasteiger partial charge in [-0.3, -0.25) is 9.59 Å². The SMILES string of the molecule is CCCC/C=C\CCCCCCC(O)C(=O)NC(COC1OC(CO)C(O)C(O)C1OC(=O)CCCCCCCCCCCCCCCCCCC/C=C\C/C=C\CCCCC)C(O)/C=C/CCCCCCCCCCCCC. The monoisotopic (exact) mass is 1120 g/mol. The Morgan fingerprint density at radius 1 is 0.494 bits per heavy atom. The molecule has 0 aliphatic carbocycles. The molecule has 0 aromatic carbocycles. The van der Waals surface area contributed by atoms with E-state index in [1.165, 1.54) is 186 Å². The van der Waals surface area contributed by atoms with Crippen LogP contribution in [0, 0.1) is 0 Å². The molecule has 0 bridgehead atoms. The van der Waals surface area contributed by atoms with Crippen molar-refractivity contribution in [2.45, 2.75) is 359 Å². The third kappa shape index (κ3) is 43.9. The van der Waals surface area contributed by atoms with Gasteiger partial charge >= 0.3 is 5.97 Å². The fourth-order valence-electron chi connectivity index (χ4n) is 10.4. The number of carbonyl (C=O) groups is 2. The Morgan fingerprint density at radius 2 is 0.886 bits per heavy atom. The average Bonchev–Trinajstić information content (AvgIpc) is 3.44. The van der Waals surface area contributed by atoms with Crippen molar-refractivity contribution in [3.63, 3.8) is 0 Å². The molecule has 11 heteroatoms. The van der Waals surface area contributed by atoms with Crippen LogP contribution in [0.1, 0.15) is 310 Å². The number of ether oxygens (including phenoxy) is 3. The number of aliphatic hydroxyl groups is 5. The first-order valence-corrected chi connectivity index (χ1v) is 33.4. The number of allylic oxidation sites excluding steroid dienone is 7. The molecule has 0 saturated carbocycles. The summed E-state index contributed by atoms with van der Waals surface area (Å²) in [6, 6.07) is -1.03. The fourth-order valence-corrected chi connectivity index (χ4v) is 10.4. The van der Waals surface area contributed by atoms with Crippen molar-refractivity contribution < 1.29 is 49.3 Å². The number of aliphatic hydroxyl groups excluding tert-OH is 5. The molecule has 6 N–H and O–H groups in total. The topological polar surface area (TPSA) is 175 Å². The Bertz CT molecular complexity index is 1470. The number of amides is 1. The Morgan fingerprint density at radius 3 is 1.37 bits per heavy atom. The zero-order valence-corrected chi connectivity index (χ0v) is 51.2. The molecule has 0 aromatic heterocycles. The van der Waals surface area contributed by atoms with E-state index in [9.17, 15) is 35.1 Å². The molecular formula is C68H125NO10. The lowest BCUT2D eigenvalue weighted by Gasteiger charge is -2.41. The molecule has 8 atom stereocenters. The number of nitrogens with one attached hydrogen (secondary N) is 1. The van der Waals surface area contributed by atoms with E-state index in [4.69, 9.17) is 14.2 Å². The van der Waals surface area contributed by atoms with Crippen LogP contribution in [0.5, 0.6) is 0 Å². The van der Waals surface area contributed by atoms with Gasteiger partial charge in [0, 0.05) is 6.42 Å². The first-order chi connectivity index (χ1) is 38.7. The molecule has 0 aromatic rings. The number of unbranched alkanes of at least 4 members (excludes halogenated alkanes) is 37. The van der Waals surface area contributed by atoms with Crippen molar-refractivity contribution in [3.8, 4) is 0 Å². The summed E-state index contributed by atoms with van der Waals surface area (Å²) in [4.78, 5) is 26.5. The maximum Gasteiger partial charge on any atom is 0.306 e. The highest BCUT2D eigenvalue weighted by molar-refractivity contribution is 5.80. The van der Waals surface area contributed by atoms with Crippen molar-refractivity contribution in [2.75, 3.05) is 13.2 Å². The number of hydrogen-bond donors (Lipinski definition) is 6. The molecule has 11 nitrogen and oxygen atoms in total. The molecule has 1 rings (SSSR count). The Hall–Kier alpha value is -2.38. The maximum atomic E-state index is 13.4. The van der Waals surface area contributed by atoms with Crippen LogP contribution in [-0.4, -0.2) is 99.6 Å². The molecule has 462 valence electrons. The minimum atomic E-state index is -1.61. The fraction of sp³-hybridized carbons (Fsp3) is 0.853. The van der Waals surface area contributed by atoms with E-state index in [0.717, 1.165) is 77.0 Å². The minimum Gasteiger partial charge on any atom is -0.454 e. The van der Waals surface area contributed by atoms with Gasteiger partial charge < -0.3 is 45.1 Å². The lowest BCUT2D eigenvalue weighted by Crippen LogP contribution is -2.61. The summed E-state index contributed by atoms with van der Waals surface area (Å²) >= 11 is 0. The smallest absolute Gasteiger partial charge is 0.306 e. The molecule has 1 fully saturated rings. The summed E-state index contributed by atoms with van der Waals surface area (Å²) in [7, 11) is 0. The van der Waals surface area contributed by atoms with Crippen molar-refractivity contribution in [1.29, 1.82) is 0 Å². The van der Waals surface area contributed by atoms with Crippen LogP contribution in [0.3, 0.4) is 0 Å². The molecule has 1 amide bonds. The highest BCUT2D eigenvalue weighted by Gasteiger charge is 2.47. The number of carbonyl (C=O) groups excluding carboxylic acids is 2. The molecule has 0 radical (unpaired) electrons. The van der Waals surface area contributed by atoms with Gasteiger partial charge in [-0.1, -0.05) is 275 Å². The molecule has 8 unspecified atom stereocenters. The molecular weight excluding hydrogens is 991 g/mol. The molecule has 79 heavy (non-hydrogen) atoms. The Kier molecular flexibility index (Phi) is 53.0. The van der Waals surface area contributed by atoms with Crippen LogP contribution in [0.2, 0.25) is 0 Å². The molecule has 1 aliphatic heterocycles. The van der Waals surface area contributed by atoms with Gasteiger partial charge in [0.15, 0.2) is 12.4 Å². The quantitative estimate of drug-likeness (QED) is 0.0195. The van der Waals surface area contributed by atoms with E-state index in [2.05, 4.69) is 62.5 Å². The van der Waals surface area contributed by atoms with Gasteiger partial charge in [0.2, 0.25) is 5.91 Å². The predicted molar refractivity (Wildman–Crippen MR) is 329 cm³/mol. The standard InChI is InChI=1S/C68H125NO10/c1-4-7-10-13-16-19-22-24-25-26-27-28-29-30-31-32-33-34-35-36-37-39-41-44-47-50-53-56-63(73)79-66-65(75)64(74)62(57-70)78-68(66)77-58-59(60(71)54-51-48-45-43-40-38-23-20-17-14-11-8-5-2)69-67(76)61(72)55-52-49-46-42-21-18-15-12-9-6-3/h15-16,18-19,24-25,51,54,59-62,64-66,68,70-72,74-75H,4-14,17,20-23,26-50,52-53,55-58H2,1-3H3,(H,69,76)/b18-15-,19-16-,25-24-,54-51+. The van der Waals surface area contributed by atoms with Crippen LogP contribution in [0.25, 0.3) is 0 Å². The van der Waals surface area contributed by atoms with Crippen molar-refractivity contribution in [2.24, 2.45) is 0 Å². The lowest BCUT2D eigenvalue weighted by molar-refractivity contribution is -0.305. The van der Waals surface area contributed by atoms with Gasteiger partial charge in [0.1, 0.15) is 24.4 Å². The molecule has 1 heterocycles. The van der Waals surface area contributed by atoms with Gasteiger partial charge in [0.25, 0.3) is 0 Å². The summed E-state index contributed by atoms with van der Waals surface area (Å²) in [6.07, 6.45) is 58.9. The molecule has 0 spiro atoms. The second-order valence-corrected chi connectivity index (χ2v) is 23.2. The van der Waals surface area contributed by atoms with E-state index in [1.54, 1.807) is 6.08 Å². The van der Waals surface area contributed by atoms with E-state index >= 15 is 0 Å². The third-order valence-corrected chi connectivity index (χ3v) is 15.7. The van der Waals surface area contributed by atoms with Gasteiger partial charge in [0.05, 0.1) is 25.4 Å². The second-order valence-electron chi connectivity index (χ2n) is 23.2. The van der Waals surface area contributed by atoms with E-state index in [-0.39, 0.29) is 19.4 Å². The molecule has 1 saturated heterocycles. The van der Waals surface area contributed by atoms with E-state index in [1.807, 2.05) is 6.08 Å². The maximum absolute atomic E-state index is 13.4. The number of esters is 1. The second kappa shape index (κ2) is 56.1. The van der Waals surface area contributed by atoms with E-state index in [0.29, 0.717) is 12.8 Å². The van der Waals surface area contributed by atoms with Gasteiger partial charge in [-0.15, -0.1) is 0 Å².